The second kappa shape index (κ2) is 67.5. The van der Waals surface area contributed by atoms with Crippen molar-refractivity contribution in [2.45, 2.75) is 284 Å². The monoisotopic (exact) mass is 1120 g/mol. The number of carbonyl (C=O) groups excluding carboxylic acids is 3. The number of hydrogen-bond acceptors (Lipinski definition) is 6. The second-order valence-electron chi connectivity index (χ2n) is 21.3. The molecule has 0 aromatic rings. The zero-order valence-electron chi connectivity index (χ0n) is 52.2. The van der Waals surface area contributed by atoms with Crippen LogP contribution in [0.1, 0.15) is 278 Å². The van der Waals surface area contributed by atoms with Crippen LogP contribution in [0, 0.1) is 0 Å². The molecule has 0 fully saturated rings. The van der Waals surface area contributed by atoms with E-state index in [0.717, 1.165) is 161 Å². The molecule has 6 nitrogen and oxygen atoms in total. The fourth-order valence-electron chi connectivity index (χ4n) is 8.62. The van der Waals surface area contributed by atoms with E-state index in [9.17, 15) is 14.4 Å². The van der Waals surface area contributed by atoms with Crippen molar-refractivity contribution < 1.29 is 28.6 Å². The van der Waals surface area contributed by atoms with Gasteiger partial charge in [-0.1, -0.05) is 269 Å². The average Bonchev–Trinajstić information content (AvgIpc) is 3.47. The second-order valence-corrected chi connectivity index (χ2v) is 21.3. The summed E-state index contributed by atoms with van der Waals surface area (Å²) in [5.74, 6) is -0.963. The highest BCUT2D eigenvalue weighted by atomic mass is 16.6. The van der Waals surface area contributed by atoms with Gasteiger partial charge < -0.3 is 14.2 Å². The molecule has 0 rings (SSSR count). The molecule has 0 amide bonds. The first kappa shape index (κ1) is 76.0. The number of unbranched alkanes of at least 4 members (excludes halogenated alkanes) is 21. The Hall–Kier alpha value is -4.97. The minimum atomic E-state index is -0.814. The van der Waals surface area contributed by atoms with Gasteiger partial charge in [0.25, 0.3) is 0 Å². The first-order chi connectivity index (χ1) is 40.0. The lowest BCUT2D eigenvalue weighted by Crippen LogP contribution is -2.30. The number of rotatable bonds is 58. The van der Waals surface area contributed by atoms with Gasteiger partial charge in [-0.15, -0.1) is 0 Å². The summed E-state index contributed by atoms with van der Waals surface area (Å²) in [4.78, 5) is 38.4. The lowest BCUT2D eigenvalue weighted by Gasteiger charge is -2.18. The summed E-state index contributed by atoms with van der Waals surface area (Å²) in [6.07, 6.45) is 98.1. The van der Waals surface area contributed by atoms with Crippen LogP contribution in [-0.2, 0) is 28.6 Å². The topological polar surface area (TPSA) is 78.9 Å². The largest absolute Gasteiger partial charge is 0.462 e. The van der Waals surface area contributed by atoms with Gasteiger partial charge in [-0.2, -0.15) is 0 Å². The van der Waals surface area contributed by atoms with E-state index in [-0.39, 0.29) is 31.1 Å². The first-order valence-corrected chi connectivity index (χ1v) is 33.0. The summed E-state index contributed by atoms with van der Waals surface area (Å²) in [5, 5.41) is 0. The van der Waals surface area contributed by atoms with E-state index < -0.39 is 6.10 Å². The molecule has 81 heavy (non-hydrogen) atoms. The van der Waals surface area contributed by atoms with Crippen molar-refractivity contribution in [1.29, 1.82) is 0 Å². The van der Waals surface area contributed by atoms with Crippen LogP contribution < -0.4 is 0 Å². The Morgan fingerprint density at radius 1 is 0.259 bits per heavy atom. The average molecular weight is 1120 g/mol. The molecule has 0 aliphatic heterocycles. The van der Waals surface area contributed by atoms with Crippen molar-refractivity contribution in [3.63, 3.8) is 0 Å². The molecule has 0 aliphatic carbocycles. The minimum absolute atomic E-state index is 0.105. The minimum Gasteiger partial charge on any atom is -0.462 e. The van der Waals surface area contributed by atoms with E-state index in [4.69, 9.17) is 14.2 Å². The van der Waals surface area contributed by atoms with Crippen molar-refractivity contribution >= 4 is 17.9 Å². The summed E-state index contributed by atoms with van der Waals surface area (Å²) >= 11 is 0. The van der Waals surface area contributed by atoms with Gasteiger partial charge in [0.1, 0.15) is 13.2 Å². The van der Waals surface area contributed by atoms with Gasteiger partial charge in [-0.05, 0) is 148 Å². The molecule has 0 aromatic heterocycles. The summed E-state index contributed by atoms with van der Waals surface area (Å²) in [7, 11) is 0. The van der Waals surface area contributed by atoms with Crippen molar-refractivity contribution in [2.75, 3.05) is 13.2 Å². The van der Waals surface area contributed by atoms with Crippen LogP contribution in [0.2, 0.25) is 0 Å². The maximum atomic E-state index is 12.9. The molecule has 0 bridgehead atoms. The van der Waals surface area contributed by atoms with Gasteiger partial charge in [0.2, 0.25) is 0 Å². The highest BCUT2D eigenvalue weighted by Crippen LogP contribution is 2.14. The summed E-state index contributed by atoms with van der Waals surface area (Å²) < 4.78 is 16.9. The van der Waals surface area contributed by atoms with Gasteiger partial charge in [0.05, 0.1) is 0 Å². The van der Waals surface area contributed by atoms with Crippen LogP contribution in [0.15, 0.2) is 158 Å². The van der Waals surface area contributed by atoms with E-state index in [0.29, 0.717) is 19.3 Å². The molecule has 0 radical (unpaired) electrons. The van der Waals surface area contributed by atoms with E-state index in [2.05, 4.69) is 179 Å². The van der Waals surface area contributed by atoms with Gasteiger partial charge in [-0.25, -0.2) is 0 Å². The quantitative estimate of drug-likeness (QED) is 0.0261. The third-order valence-corrected chi connectivity index (χ3v) is 13.5. The van der Waals surface area contributed by atoms with Crippen molar-refractivity contribution in [1.82, 2.24) is 0 Å². The fourth-order valence-corrected chi connectivity index (χ4v) is 8.62. The number of hydrogen-bond donors (Lipinski definition) is 0. The van der Waals surface area contributed by atoms with Crippen LogP contribution in [0.3, 0.4) is 0 Å². The molecular weight excluding hydrogens is 997 g/mol. The third kappa shape index (κ3) is 65.7. The number of esters is 3. The molecule has 0 heterocycles. The Labute approximate surface area is 499 Å². The van der Waals surface area contributed by atoms with Crippen molar-refractivity contribution in [3.8, 4) is 0 Å². The Balaban J connectivity index is 4.53. The highest BCUT2D eigenvalue weighted by Gasteiger charge is 2.19. The van der Waals surface area contributed by atoms with E-state index in [1.807, 2.05) is 0 Å². The van der Waals surface area contributed by atoms with Crippen molar-refractivity contribution in [3.05, 3.63) is 158 Å². The maximum absolute atomic E-state index is 12.9. The van der Waals surface area contributed by atoms with E-state index in [1.165, 1.54) is 77.0 Å². The van der Waals surface area contributed by atoms with E-state index in [1.54, 1.807) is 0 Å². The molecule has 0 saturated heterocycles. The summed E-state index contributed by atoms with van der Waals surface area (Å²) in [6.45, 7) is 6.37. The zero-order chi connectivity index (χ0) is 58.5. The molecule has 1 atom stereocenters. The molecule has 1 unspecified atom stereocenters. The molecular formula is C75H120O6. The molecule has 456 valence electrons. The third-order valence-electron chi connectivity index (χ3n) is 13.5. The fraction of sp³-hybridized carbons (Fsp3) is 0.613. The Morgan fingerprint density at radius 3 is 0.778 bits per heavy atom. The predicted octanol–water partition coefficient (Wildman–Crippen LogP) is 22.9. The smallest absolute Gasteiger partial charge is 0.306 e. The van der Waals surface area contributed by atoms with Gasteiger partial charge >= 0.3 is 17.9 Å². The number of carbonyl (C=O) groups is 3. The van der Waals surface area contributed by atoms with Gasteiger partial charge in [0.15, 0.2) is 6.10 Å². The Kier molecular flexibility index (Phi) is 63.4. The molecule has 0 spiro atoms. The molecule has 0 aliphatic rings. The zero-order valence-corrected chi connectivity index (χ0v) is 52.2. The van der Waals surface area contributed by atoms with Crippen molar-refractivity contribution in [2.24, 2.45) is 0 Å². The van der Waals surface area contributed by atoms with Gasteiger partial charge in [-0.3, -0.25) is 14.4 Å². The number of ether oxygens (including phenoxy) is 3. The normalized spacial score (nSPS) is 13.2. The SMILES string of the molecule is CC/C=C\C/C=C\C/C=C\C/C=C\C/C=C\C/C=C\C/C=C\CCCCCC(=O)OCC(COC(=O)CCCCCCCCC/C=C\CCCCCCCC)OC(=O)CCCCCCC/C=C\C/C=C\C/C=C\C/C=C\C/C=C\CC. The van der Waals surface area contributed by atoms with Crippen LogP contribution in [0.25, 0.3) is 0 Å². The lowest BCUT2D eigenvalue weighted by atomic mass is 10.1. The summed E-state index contributed by atoms with van der Waals surface area (Å²) in [5.41, 5.74) is 0. The van der Waals surface area contributed by atoms with Gasteiger partial charge in [0, 0.05) is 19.3 Å². The molecule has 6 heteroatoms. The summed E-state index contributed by atoms with van der Waals surface area (Å²) in [6, 6.07) is 0. The lowest BCUT2D eigenvalue weighted by molar-refractivity contribution is -0.167. The highest BCUT2D eigenvalue weighted by molar-refractivity contribution is 5.71. The first-order valence-electron chi connectivity index (χ1n) is 33.0. The Bertz CT molecular complexity index is 1810. The molecule has 0 N–H and O–H groups in total. The molecule has 0 saturated carbocycles. The maximum Gasteiger partial charge on any atom is 0.306 e. The van der Waals surface area contributed by atoms with Crippen LogP contribution in [0.5, 0.6) is 0 Å². The Morgan fingerprint density at radius 2 is 0.481 bits per heavy atom. The predicted molar refractivity (Wildman–Crippen MR) is 352 cm³/mol. The van der Waals surface area contributed by atoms with Crippen LogP contribution in [-0.4, -0.2) is 37.2 Å². The molecule has 0 aromatic carbocycles. The van der Waals surface area contributed by atoms with Crippen LogP contribution in [0.4, 0.5) is 0 Å². The van der Waals surface area contributed by atoms with Crippen LogP contribution >= 0.6 is 0 Å². The number of allylic oxidation sites excluding steroid dienone is 26. The standard InChI is InChI=1S/C75H120O6/c1-4-7-10-13-16-19-22-25-28-31-33-35-36-37-38-40-41-44-47-50-53-56-59-62-65-68-74(77)80-71-72(70-79-73(76)67-64-61-58-55-52-49-46-43-30-27-24-21-18-15-12-9-6-3)81-75(78)69-66-63-60-57-54-51-48-45-42-39-34-32-29-26-23-20-17-14-11-8-5-2/h7-8,10-11,16-17,19-20,25-30,33-35,37-39,41,44-45,48,50,53,72H,4-6,9,12-15,18,21-24,31-32,36,40,42-43,46-47,49,51-52,54-71H2,1-3H3/b10-7-,11-8-,19-16-,20-17-,28-25-,29-26-,30-27-,35-33-,38-37-,39-34-,44-41-,48-45-,53-50-. The van der Waals surface area contributed by atoms with E-state index >= 15 is 0 Å².